The maximum atomic E-state index is 4.26. The van der Waals surface area contributed by atoms with Gasteiger partial charge in [-0.05, 0) is 43.9 Å². The van der Waals surface area contributed by atoms with E-state index in [1.54, 1.807) is 6.33 Å². The molecule has 4 nitrogen and oxygen atoms in total. The topological polar surface area (TPSA) is 42.2 Å². The number of fused-ring (bicyclic) bond motifs is 1. The van der Waals surface area contributed by atoms with Crippen LogP contribution in [0.3, 0.4) is 0 Å². The summed E-state index contributed by atoms with van der Waals surface area (Å²) in [5.41, 5.74) is 2.10. The molecule has 0 aliphatic rings. The smallest absolute Gasteiger partial charge is 0.157 e. The van der Waals surface area contributed by atoms with Crippen LogP contribution < -0.4 is 5.32 Å². The Morgan fingerprint density at radius 3 is 2.83 bits per heavy atom. The third-order valence-corrected chi connectivity index (χ3v) is 3.37. The minimum absolute atomic E-state index is 0.439. The molecule has 2 unspecified atom stereocenters. The molecular weight excluding hydrogens is 224 g/mol. The maximum Gasteiger partial charge on any atom is 0.157 e. The van der Waals surface area contributed by atoms with Gasteiger partial charge >= 0.3 is 0 Å². The summed E-state index contributed by atoms with van der Waals surface area (Å²) < 4.78 is 1.86. The number of rotatable bonds is 5. The van der Waals surface area contributed by atoms with E-state index < -0.39 is 0 Å². The molecular formula is C14H22N4. The van der Waals surface area contributed by atoms with Crippen molar-refractivity contribution in [3.05, 3.63) is 24.0 Å². The molecule has 0 spiro atoms. The summed E-state index contributed by atoms with van der Waals surface area (Å²) in [4.78, 5) is 4.24. The van der Waals surface area contributed by atoms with E-state index in [4.69, 9.17) is 0 Å². The summed E-state index contributed by atoms with van der Waals surface area (Å²) in [7, 11) is 0. The minimum Gasteiger partial charge on any atom is -0.367 e. The molecule has 0 aliphatic carbocycles. The number of aromatic nitrogens is 3. The molecule has 0 saturated heterocycles. The zero-order valence-corrected chi connectivity index (χ0v) is 11.6. The van der Waals surface area contributed by atoms with Crippen LogP contribution in [0.15, 0.2) is 18.5 Å². The average molecular weight is 246 g/mol. The Hall–Kier alpha value is -1.58. The number of nitrogens with one attached hydrogen (secondary N) is 1. The summed E-state index contributed by atoms with van der Waals surface area (Å²) in [6.07, 6.45) is 3.98. The third kappa shape index (κ3) is 2.81. The molecule has 2 heterocycles. The van der Waals surface area contributed by atoms with Gasteiger partial charge in [-0.3, -0.25) is 0 Å². The molecule has 0 aromatic carbocycles. The van der Waals surface area contributed by atoms with Crippen LogP contribution in [0.5, 0.6) is 0 Å². The zero-order valence-electron chi connectivity index (χ0n) is 11.6. The number of anilines is 1. The molecule has 1 N–H and O–H groups in total. The van der Waals surface area contributed by atoms with Gasteiger partial charge in [-0.25, -0.2) is 4.98 Å². The van der Waals surface area contributed by atoms with Gasteiger partial charge in [-0.2, -0.15) is 9.61 Å². The van der Waals surface area contributed by atoms with Gasteiger partial charge in [0.1, 0.15) is 12.1 Å². The lowest BCUT2D eigenvalue weighted by Crippen LogP contribution is -2.20. The van der Waals surface area contributed by atoms with Crippen molar-refractivity contribution in [2.45, 2.75) is 46.6 Å². The molecule has 0 aliphatic heterocycles. The largest absolute Gasteiger partial charge is 0.367 e. The second kappa shape index (κ2) is 5.38. The van der Waals surface area contributed by atoms with Gasteiger partial charge in [-0.1, -0.05) is 20.3 Å². The first-order valence-corrected chi connectivity index (χ1v) is 6.67. The molecule has 2 atom stereocenters. The van der Waals surface area contributed by atoms with E-state index in [2.05, 4.69) is 49.2 Å². The van der Waals surface area contributed by atoms with Gasteiger partial charge in [0.15, 0.2) is 5.65 Å². The minimum atomic E-state index is 0.439. The lowest BCUT2D eigenvalue weighted by Gasteiger charge is -2.19. The molecule has 0 radical (unpaired) electrons. The molecule has 0 bridgehead atoms. The predicted octanol–water partition coefficient (Wildman–Crippen LogP) is 3.27. The molecule has 2 aromatic heterocycles. The van der Waals surface area contributed by atoms with Crippen LogP contribution in [0.1, 0.15) is 39.2 Å². The molecule has 18 heavy (non-hydrogen) atoms. The summed E-state index contributed by atoms with van der Waals surface area (Å²) in [6.45, 7) is 8.83. The Labute approximate surface area is 108 Å². The van der Waals surface area contributed by atoms with Crippen LogP contribution >= 0.6 is 0 Å². The fourth-order valence-corrected chi connectivity index (χ4v) is 2.24. The standard InChI is InChI=1S/C14H22N4/c1-5-10(2)6-12(4)17-14-8-11(3)7-13-15-9-16-18(13)14/h7-10,12,17H,5-6H2,1-4H3. The van der Waals surface area contributed by atoms with Gasteiger partial charge in [0.2, 0.25) is 0 Å². The second-order valence-corrected chi connectivity index (χ2v) is 5.24. The Morgan fingerprint density at radius 1 is 1.33 bits per heavy atom. The highest BCUT2D eigenvalue weighted by molar-refractivity contribution is 5.51. The summed E-state index contributed by atoms with van der Waals surface area (Å²) >= 11 is 0. The maximum absolute atomic E-state index is 4.26. The lowest BCUT2D eigenvalue weighted by molar-refractivity contribution is 0.482. The van der Waals surface area contributed by atoms with Crippen molar-refractivity contribution < 1.29 is 0 Å². The van der Waals surface area contributed by atoms with Crippen LogP contribution in [-0.4, -0.2) is 20.6 Å². The van der Waals surface area contributed by atoms with Crippen molar-refractivity contribution >= 4 is 11.5 Å². The number of aryl methyl sites for hydroxylation is 1. The van der Waals surface area contributed by atoms with Crippen LogP contribution in [0.2, 0.25) is 0 Å². The first-order valence-electron chi connectivity index (χ1n) is 6.67. The van der Waals surface area contributed by atoms with Gasteiger partial charge < -0.3 is 5.32 Å². The van der Waals surface area contributed by atoms with Gasteiger partial charge in [-0.15, -0.1) is 0 Å². The number of pyridine rings is 1. The summed E-state index contributed by atoms with van der Waals surface area (Å²) in [6, 6.07) is 4.60. The highest BCUT2D eigenvalue weighted by atomic mass is 15.3. The monoisotopic (exact) mass is 246 g/mol. The third-order valence-electron chi connectivity index (χ3n) is 3.37. The van der Waals surface area contributed by atoms with Crippen LogP contribution in [0, 0.1) is 12.8 Å². The number of hydrogen-bond donors (Lipinski definition) is 1. The van der Waals surface area contributed by atoms with Crippen molar-refractivity contribution in [3.63, 3.8) is 0 Å². The van der Waals surface area contributed by atoms with E-state index in [0.29, 0.717) is 6.04 Å². The highest BCUT2D eigenvalue weighted by Crippen LogP contribution is 2.17. The summed E-state index contributed by atoms with van der Waals surface area (Å²) in [5.74, 6) is 1.77. The predicted molar refractivity (Wildman–Crippen MR) is 74.9 cm³/mol. The van der Waals surface area contributed by atoms with E-state index in [0.717, 1.165) is 17.4 Å². The fourth-order valence-electron chi connectivity index (χ4n) is 2.24. The Bertz CT molecular complexity index is 517. The average Bonchev–Trinajstić information content (AvgIpc) is 2.76. The molecule has 0 fully saturated rings. The summed E-state index contributed by atoms with van der Waals surface area (Å²) in [5, 5.41) is 7.79. The molecule has 2 aromatic rings. The first kappa shape index (κ1) is 12.9. The van der Waals surface area contributed by atoms with E-state index >= 15 is 0 Å². The van der Waals surface area contributed by atoms with Crippen molar-refractivity contribution in [2.75, 3.05) is 5.32 Å². The SMILES string of the molecule is CCC(C)CC(C)Nc1cc(C)cc2ncnn12. The van der Waals surface area contributed by atoms with E-state index in [1.165, 1.54) is 18.4 Å². The molecule has 0 saturated carbocycles. The zero-order chi connectivity index (χ0) is 13.1. The fraction of sp³-hybridized carbons (Fsp3) is 0.571. The lowest BCUT2D eigenvalue weighted by atomic mass is 10.0. The highest BCUT2D eigenvalue weighted by Gasteiger charge is 2.10. The van der Waals surface area contributed by atoms with Crippen LogP contribution in [0.4, 0.5) is 5.82 Å². The number of nitrogens with zero attached hydrogens (tertiary/aromatic N) is 3. The van der Waals surface area contributed by atoms with Crippen molar-refractivity contribution in [3.8, 4) is 0 Å². The van der Waals surface area contributed by atoms with E-state index in [-0.39, 0.29) is 0 Å². The van der Waals surface area contributed by atoms with E-state index in [1.807, 2.05) is 10.6 Å². The Balaban J connectivity index is 2.18. The van der Waals surface area contributed by atoms with Crippen molar-refractivity contribution in [2.24, 2.45) is 5.92 Å². The van der Waals surface area contributed by atoms with Crippen molar-refractivity contribution in [1.82, 2.24) is 14.6 Å². The van der Waals surface area contributed by atoms with Crippen LogP contribution in [0.25, 0.3) is 5.65 Å². The molecule has 4 heteroatoms. The quantitative estimate of drug-likeness (QED) is 0.880. The number of hydrogen-bond acceptors (Lipinski definition) is 3. The molecule has 0 amide bonds. The molecule has 2 rings (SSSR count). The van der Waals surface area contributed by atoms with Gasteiger partial charge in [0, 0.05) is 6.04 Å². The van der Waals surface area contributed by atoms with Crippen molar-refractivity contribution in [1.29, 1.82) is 0 Å². The van der Waals surface area contributed by atoms with Gasteiger partial charge in [0.05, 0.1) is 0 Å². The normalized spacial score (nSPS) is 14.7. The second-order valence-electron chi connectivity index (χ2n) is 5.24. The van der Waals surface area contributed by atoms with E-state index in [9.17, 15) is 0 Å². The van der Waals surface area contributed by atoms with Crippen LogP contribution in [-0.2, 0) is 0 Å². The first-order chi connectivity index (χ1) is 8.60. The Morgan fingerprint density at radius 2 is 2.11 bits per heavy atom. The van der Waals surface area contributed by atoms with Gasteiger partial charge in [0.25, 0.3) is 0 Å². The molecule has 98 valence electrons. The Kier molecular flexibility index (Phi) is 3.84.